The molecule has 12 heteroatoms. The minimum absolute atomic E-state index is 0.0612. The van der Waals surface area contributed by atoms with E-state index in [4.69, 9.17) is 18.9 Å². The molecule has 4 heterocycles. The number of ether oxygens (including phenoxy) is 4. The summed E-state index contributed by atoms with van der Waals surface area (Å²) in [4.78, 5) is 16.9. The fraction of sp³-hybridized carbons (Fsp3) is 0.591. The second-order valence-corrected chi connectivity index (χ2v) is 8.44. The van der Waals surface area contributed by atoms with Crippen molar-refractivity contribution in [3.8, 4) is 11.3 Å². The summed E-state index contributed by atoms with van der Waals surface area (Å²) in [6.45, 7) is 3.11. The van der Waals surface area contributed by atoms with E-state index >= 15 is 0 Å². The minimum Gasteiger partial charge on any atom is -0.376 e. The third kappa shape index (κ3) is 4.95. The highest BCUT2D eigenvalue weighted by Crippen LogP contribution is 2.42. The normalized spacial score (nSPS) is 22.7. The van der Waals surface area contributed by atoms with E-state index in [-0.39, 0.29) is 47.8 Å². The Hall–Kier alpha value is -2.54. The average molecular weight is 482 g/mol. The van der Waals surface area contributed by atoms with Crippen molar-refractivity contribution in [1.29, 1.82) is 0 Å². The number of nitrogens with zero attached hydrogens (tertiary/aromatic N) is 3. The standard InChI is InChI=1S/C22H25F3N4O5/c23-22(24,25)16-7-18(21(30)26-8-14-11-31-3-5-33-14)27-17-2-1-13-9-29(28-20(13)19(16)17)10-15-12-32-4-6-34-15/h7,9,14-15H,1-6,8,10-12H2,(H,26,30)/t14-,15+/m1/s1. The van der Waals surface area contributed by atoms with Gasteiger partial charge in [0.25, 0.3) is 5.91 Å². The van der Waals surface area contributed by atoms with Crippen LogP contribution in [0.1, 0.15) is 27.3 Å². The predicted octanol–water partition coefficient (Wildman–Crippen LogP) is 1.62. The highest BCUT2D eigenvalue weighted by atomic mass is 19.4. The van der Waals surface area contributed by atoms with Crippen molar-refractivity contribution in [2.45, 2.75) is 37.8 Å². The van der Waals surface area contributed by atoms with Crippen LogP contribution in [0.15, 0.2) is 12.3 Å². The molecule has 2 fully saturated rings. The number of nitrogens with one attached hydrogen (secondary N) is 1. The van der Waals surface area contributed by atoms with Gasteiger partial charge in [-0.3, -0.25) is 9.48 Å². The number of rotatable bonds is 5. The van der Waals surface area contributed by atoms with Crippen LogP contribution in [0.2, 0.25) is 0 Å². The van der Waals surface area contributed by atoms with Crippen LogP contribution in [-0.2, 0) is 44.5 Å². The highest BCUT2D eigenvalue weighted by Gasteiger charge is 2.39. The molecule has 0 spiro atoms. The highest BCUT2D eigenvalue weighted by molar-refractivity contribution is 5.93. The van der Waals surface area contributed by atoms with E-state index in [1.165, 1.54) is 0 Å². The molecule has 2 atom stereocenters. The van der Waals surface area contributed by atoms with Gasteiger partial charge in [-0.1, -0.05) is 0 Å². The lowest BCUT2D eigenvalue weighted by Crippen LogP contribution is -2.40. The van der Waals surface area contributed by atoms with Crippen LogP contribution in [-0.4, -0.2) is 79.1 Å². The van der Waals surface area contributed by atoms with Crippen LogP contribution in [0.5, 0.6) is 0 Å². The molecular formula is C22H25F3N4O5. The van der Waals surface area contributed by atoms with Gasteiger partial charge in [-0.05, 0) is 24.5 Å². The van der Waals surface area contributed by atoms with Crippen LogP contribution in [0, 0.1) is 0 Å². The Morgan fingerprint density at radius 3 is 2.50 bits per heavy atom. The molecule has 0 bridgehead atoms. The van der Waals surface area contributed by atoms with Crippen molar-refractivity contribution in [3.63, 3.8) is 0 Å². The summed E-state index contributed by atoms with van der Waals surface area (Å²) >= 11 is 0. The fourth-order valence-corrected chi connectivity index (χ4v) is 4.39. The first-order valence-corrected chi connectivity index (χ1v) is 11.2. The zero-order chi connectivity index (χ0) is 23.7. The number of alkyl halides is 3. The second-order valence-electron chi connectivity index (χ2n) is 8.44. The van der Waals surface area contributed by atoms with Crippen molar-refractivity contribution in [2.75, 3.05) is 46.2 Å². The molecule has 0 aromatic carbocycles. The number of amides is 1. The zero-order valence-corrected chi connectivity index (χ0v) is 18.4. The maximum Gasteiger partial charge on any atom is 0.417 e. The first kappa shape index (κ1) is 23.2. The number of hydrogen-bond donors (Lipinski definition) is 1. The Kier molecular flexibility index (Phi) is 6.56. The summed E-state index contributed by atoms with van der Waals surface area (Å²) in [7, 11) is 0. The Bertz CT molecular complexity index is 1050. The lowest BCUT2D eigenvalue weighted by molar-refractivity contribution is -0.137. The van der Waals surface area contributed by atoms with Crippen LogP contribution >= 0.6 is 0 Å². The SMILES string of the molecule is O=C(NC[C@@H]1COCCO1)c1cc(C(F)(F)F)c2c(n1)CCc1cn(C[C@H]3COCCO3)nc1-2. The number of fused-ring (bicyclic) bond motifs is 3. The number of hydrogen-bond acceptors (Lipinski definition) is 7. The van der Waals surface area contributed by atoms with Crippen LogP contribution in [0.3, 0.4) is 0 Å². The third-order valence-electron chi connectivity index (χ3n) is 5.99. The van der Waals surface area contributed by atoms with Crippen molar-refractivity contribution in [2.24, 2.45) is 0 Å². The van der Waals surface area contributed by atoms with E-state index in [1.54, 1.807) is 10.9 Å². The van der Waals surface area contributed by atoms with Crippen molar-refractivity contribution in [1.82, 2.24) is 20.1 Å². The number of pyridine rings is 1. The lowest BCUT2D eigenvalue weighted by atomic mass is 9.90. The monoisotopic (exact) mass is 482 g/mol. The van der Waals surface area contributed by atoms with Gasteiger partial charge in [-0.2, -0.15) is 18.3 Å². The summed E-state index contributed by atoms with van der Waals surface area (Å²) in [5.74, 6) is -0.687. The van der Waals surface area contributed by atoms with E-state index in [9.17, 15) is 18.0 Å². The maximum absolute atomic E-state index is 14.1. The molecule has 0 saturated carbocycles. The van der Waals surface area contributed by atoms with E-state index in [2.05, 4.69) is 15.4 Å². The van der Waals surface area contributed by atoms with Gasteiger partial charge in [0.05, 0.1) is 69.2 Å². The average Bonchev–Trinajstić information content (AvgIpc) is 3.25. The lowest BCUT2D eigenvalue weighted by Gasteiger charge is -2.23. The Morgan fingerprint density at radius 2 is 1.82 bits per heavy atom. The summed E-state index contributed by atoms with van der Waals surface area (Å²) in [5.41, 5.74) is -0.0800. The Labute approximate surface area is 193 Å². The fourth-order valence-electron chi connectivity index (χ4n) is 4.39. The summed E-state index contributed by atoms with van der Waals surface area (Å²) in [5, 5.41) is 7.05. The summed E-state index contributed by atoms with van der Waals surface area (Å²) in [6, 6.07) is 0.804. The number of carbonyl (C=O) groups is 1. The largest absolute Gasteiger partial charge is 0.417 e. The molecule has 2 aliphatic heterocycles. The van der Waals surface area contributed by atoms with E-state index in [0.717, 1.165) is 6.07 Å². The first-order chi connectivity index (χ1) is 16.4. The Balaban J connectivity index is 1.41. The van der Waals surface area contributed by atoms with Gasteiger partial charge in [-0.25, -0.2) is 4.98 Å². The molecule has 1 aliphatic carbocycles. The van der Waals surface area contributed by atoms with Gasteiger partial charge < -0.3 is 24.3 Å². The molecular weight excluding hydrogens is 457 g/mol. The molecule has 1 N–H and O–H groups in total. The van der Waals surface area contributed by atoms with Gasteiger partial charge >= 0.3 is 6.18 Å². The van der Waals surface area contributed by atoms with Gasteiger partial charge in [0.1, 0.15) is 11.8 Å². The first-order valence-electron chi connectivity index (χ1n) is 11.2. The number of carbonyl (C=O) groups excluding carboxylic acids is 1. The molecule has 0 unspecified atom stereocenters. The quantitative estimate of drug-likeness (QED) is 0.692. The summed E-state index contributed by atoms with van der Waals surface area (Å²) < 4.78 is 65.7. The number of aromatic nitrogens is 3. The van der Waals surface area contributed by atoms with Crippen LogP contribution in [0.4, 0.5) is 13.2 Å². The van der Waals surface area contributed by atoms with Gasteiger partial charge in [0.2, 0.25) is 0 Å². The van der Waals surface area contributed by atoms with Crippen molar-refractivity contribution >= 4 is 5.91 Å². The van der Waals surface area contributed by atoms with Gasteiger partial charge in [0, 0.05) is 18.3 Å². The van der Waals surface area contributed by atoms with Gasteiger partial charge in [-0.15, -0.1) is 0 Å². The van der Waals surface area contributed by atoms with E-state index < -0.39 is 17.6 Å². The molecule has 5 rings (SSSR count). The van der Waals surface area contributed by atoms with Gasteiger partial charge in [0.15, 0.2) is 0 Å². The molecule has 2 saturated heterocycles. The van der Waals surface area contributed by atoms with Crippen LogP contribution in [0.25, 0.3) is 11.3 Å². The summed E-state index contributed by atoms with van der Waals surface area (Å²) in [6.07, 6.45) is -2.72. The molecule has 0 radical (unpaired) electrons. The molecule has 2 aromatic rings. The number of halogens is 3. The molecule has 2 aromatic heterocycles. The zero-order valence-electron chi connectivity index (χ0n) is 18.4. The third-order valence-corrected chi connectivity index (χ3v) is 5.99. The maximum atomic E-state index is 14.1. The number of aryl methyl sites for hydroxylation is 2. The molecule has 3 aliphatic rings. The second kappa shape index (κ2) is 9.61. The predicted molar refractivity (Wildman–Crippen MR) is 111 cm³/mol. The Morgan fingerprint density at radius 1 is 1.09 bits per heavy atom. The smallest absolute Gasteiger partial charge is 0.376 e. The van der Waals surface area contributed by atoms with E-state index in [0.29, 0.717) is 58.2 Å². The molecule has 34 heavy (non-hydrogen) atoms. The van der Waals surface area contributed by atoms with E-state index in [1.807, 2.05) is 0 Å². The minimum atomic E-state index is -4.68. The molecule has 9 nitrogen and oxygen atoms in total. The molecule has 184 valence electrons. The van der Waals surface area contributed by atoms with Crippen molar-refractivity contribution < 1.29 is 36.9 Å². The molecule has 1 amide bonds. The van der Waals surface area contributed by atoms with Crippen LogP contribution < -0.4 is 5.32 Å². The van der Waals surface area contributed by atoms with Crippen molar-refractivity contribution in [3.05, 3.63) is 34.8 Å². The topological polar surface area (TPSA) is 96.7 Å².